The summed E-state index contributed by atoms with van der Waals surface area (Å²) >= 11 is 3.00. The summed E-state index contributed by atoms with van der Waals surface area (Å²) in [5, 5.41) is 7.83. The van der Waals surface area contributed by atoms with Crippen molar-refractivity contribution in [3.05, 3.63) is 63.0 Å². The summed E-state index contributed by atoms with van der Waals surface area (Å²) in [6, 6.07) is 8.36. The van der Waals surface area contributed by atoms with Crippen molar-refractivity contribution < 1.29 is 9.18 Å². The maximum atomic E-state index is 13.5. The standard InChI is InChI=1S/C19H20FN3OS2/c1-12-17(26-19(22-12)14-7-8-25-11-14)18(24)21-10-16(23(2)3)13-5-4-6-15(20)9-13/h4-9,11,16H,10H2,1-3H3,(H,21,24). The van der Waals surface area contributed by atoms with Crippen LogP contribution in [0.3, 0.4) is 0 Å². The SMILES string of the molecule is Cc1nc(-c2ccsc2)sc1C(=O)NCC(c1cccc(F)c1)N(C)C. The van der Waals surface area contributed by atoms with Crippen LogP contribution in [0.15, 0.2) is 41.1 Å². The Balaban J connectivity index is 1.73. The summed E-state index contributed by atoms with van der Waals surface area (Å²) < 4.78 is 13.5. The first-order valence-corrected chi connectivity index (χ1v) is 9.91. The Labute approximate surface area is 160 Å². The smallest absolute Gasteiger partial charge is 0.263 e. The molecule has 2 aromatic heterocycles. The van der Waals surface area contributed by atoms with Gasteiger partial charge >= 0.3 is 0 Å². The number of aryl methyl sites for hydroxylation is 1. The van der Waals surface area contributed by atoms with Gasteiger partial charge in [-0.1, -0.05) is 12.1 Å². The lowest BCUT2D eigenvalue weighted by Gasteiger charge is -2.25. The summed E-state index contributed by atoms with van der Waals surface area (Å²) in [4.78, 5) is 19.7. The average Bonchev–Trinajstić information content (AvgIpc) is 3.24. The monoisotopic (exact) mass is 389 g/mol. The molecule has 2 heterocycles. The van der Waals surface area contributed by atoms with E-state index in [4.69, 9.17) is 0 Å². The predicted molar refractivity (Wildman–Crippen MR) is 105 cm³/mol. The van der Waals surface area contributed by atoms with Gasteiger partial charge in [-0.05, 0) is 50.2 Å². The maximum Gasteiger partial charge on any atom is 0.263 e. The number of halogens is 1. The van der Waals surface area contributed by atoms with Crippen LogP contribution in [0.5, 0.6) is 0 Å². The largest absolute Gasteiger partial charge is 0.349 e. The zero-order chi connectivity index (χ0) is 18.7. The lowest BCUT2D eigenvalue weighted by Crippen LogP contribution is -2.34. The van der Waals surface area contributed by atoms with E-state index in [1.165, 1.54) is 23.5 Å². The van der Waals surface area contributed by atoms with Crippen molar-refractivity contribution in [1.29, 1.82) is 0 Å². The van der Waals surface area contributed by atoms with E-state index in [1.54, 1.807) is 17.4 Å². The van der Waals surface area contributed by atoms with E-state index in [1.807, 2.05) is 48.8 Å². The van der Waals surface area contributed by atoms with Crippen molar-refractivity contribution in [3.63, 3.8) is 0 Å². The molecular weight excluding hydrogens is 369 g/mol. The molecule has 0 bridgehead atoms. The number of likely N-dealkylation sites (N-methyl/N-ethyl adjacent to an activating group) is 1. The van der Waals surface area contributed by atoms with Gasteiger partial charge in [-0.15, -0.1) is 11.3 Å². The molecule has 0 aliphatic carbocycles. The number of benzene rings is 1. The van der Waals surface area contributed by atoms with E-state index in [-0.39, 0.29) is 17.8 Å². The lowest BCUT2D eigenvalue weighted by molar-refractivity contribution is 0.0945. The molecule has 0 spiro atoms. The molecular formula is C19H20FN3OS2. The number of aromatic nitrogens is 1. The lowest BCUT2D eigenvalue weighted by atomic mass is 10.1. The molecule has 1 N–H and O–H groups in total. The van der Waals surface area contributed by atoms with Gasteiger partial charge in [-0.2, -0.15) is 11.3 Å². The number of nitrogens with zero attached hydrogens (tertiary/aromatic N) is 2. The fraction of sp³-hybridized carbons (Fsp3) is 0.263. The highest BCUT2D eigenvalue weighted by Gasteiger charge is 2.20. The normalized spacial score (nSPS) is 12.3. The first-order chi connectivity index (χ1) is 12.5. The van der Waals surface area contributed by atoms with Crippen LogP contribution in [0.25, 0.3) is 10.6 Å². The second-order valence-electron chi connectivity index (χ2n) is 6.19. The highest BCUT2D eigenvalue weighted by Crippen LogP contribution is 2.29. The molecule has 0 fully saturated rings. The number of carbonyl (C=O) groups excluding carboxylic acids is 1. The van der Waals surface area contributed by atoms with Gasteiger partial charge in [0.05, 0.1) is 11.7 Å². The Morgan fingerprint density at radius 3 is 2.81 bits per heavy atom. The van der Waals surface area contributed by atoms with Crippen LogP contribution in [-0.4, -0.2) is 36.4 Å². The molecule has 3 aromatic rings. The highest BCUT2D eigenvalue weighted by molar-refractivity contribution is 7.17. The Kier molecular flexibility index (Phi) is 5.80. The molecule has 1 atom stereocenters. The zero-order valence-electron chi connectivity index (χ0n) is 14.8. The Morgan fingerprint density at radius 2 is 2.15 bits per heavy atom. The summed E-state index contributed by atoms with van der Waals surface area (Å²) in [7, 11) is 3.82. The highest BCUT2D eigenvalue weighted by atomic mass is 32.1. The number of thiophene rings is 1. The van der Waals surface area contributed by atoms with Crippen LogP contribution in [0.2, 0.25) is 0 Å². The molecule has 3 rings (SSSR count). The molecule has 7 heteroatoms. The minimum atomic E-state index is -0.278. The van der Waals surface area contributed by atoms with Crippen molar-refractivity contribution in [2.45, 2.75) is 13.0 Å². The van der Waals surface area contributed by atoms with Gasteiger partial charge in [-0.3, -0.25) is 4.79 Å². The van der Waals surface area contributed by atoms with Crippen LogP contribution in [-0.2, 0) is 0 Å². The van der Waals surface area contributed by atoms with Gasteiger partial charge < -0.3 is 10.2 Å². The van der Waals surface area contributed by atoms with E-state index in [0.29, 0.717) is 11.4 Å². The van der Waals surface area contributed by atoms with Crippen molar-refractivity contribution in [2.24, 2.45) is 0 Å². The number of hydrogen-bond acceptors (Lipinski definition) is 5. The molecule has 1 unspecified atom stereocenters. The predicted octanol–water partition coefficient (Wildman–Crippen LogP) is 4.35. The Morgan fingerprint density at radius 1 is 1.35 bits per heavy atom. The summed E-state index contributed by atoms with van der Waals surface area (Å²) in [6.45, 7) is 2.23. The van der Waals surface area contributed by atoms with Crippen molar-refractivity contribution in [3.8, 4) is 10.6 Å². The quantitative estimate of drug-likeness (QED) is 0.682. The molecule has 1 aromatic carbocycles. The minimum absolute atomic E-state index is 0.112. The summed E-state index contributed by atoms with van der Waals surface area (Å²) in [5.41, 5.74) is 2.59. The molecule has 0 aliphatic rings. The third-order valence-electron chi connectivity index (χ3n) is 4.08. The first kappa shape index (κ1) is 18.7. The first-order valence-electron chi connectivity index (χ1n) is 8.16. The zero-order valence-corrected chi connectivity index (χ0v) is 16.5. The third-order valence-corrected chi connectivity index (χ3v) is 5.97. The van der Waals surface area contributed by atoms with Gasteiger partial charge in [0, 0.05) is 17.5 Å². The molecule has 26 heavy (non-hydrogen) atoms. The molecule has 0 radical (unpaired) electrons. The average molecular weight is 390 g/mol. The van der Waals surface area contributed by atoms with Gasteiger partial charge in [0.15, 0.2) is 0 Å². The van der Waals surface area contributed by atoms with E-state index in [2.05, 4.69) is 10.3 Å². The summed E-state index contributed by atoms with van der Waals surface area (Å²) in [6.07, 6.45) is 0. The van der Waals surface area contributed by atoms with Gasteiger partial charge in [0.1, 0.15) is 15.7 Å². The van der Waals surface area contributed by atoms with Gasteiger partial charge in [-0.25, -0.2) is 9.37 Å². The van der Waals surface area contributed by atoms with Crippen molar-refractivity contribution in [2.75, 3.05) is 20.6 Å². The Bertz CT molecular complexity index is 890. The topological polar surface area (TPSA) is 45.2 Å². The molecule has 0 aliphatic heterocycles. The fourth-order valence-electron chi connectivity index (χ4n) is 2.70. The van der Waals surface area contributed by atoms with Crippen LogP contribution < -0.4 is 5.32 Å². The third kappa shape index (κ3) is 4.17. The van der Waals surface area contributed by atoms with E-state index in [0.717, 1.165) is 21.8 Å². The molecule has 0 saturated carbocycles. The van der Waals surface area contributed by atoms with Crippen molar-refractivity contribution >= 4 is 28.6 Å². The van der Waals surface area contributed by atoms with Crippen LogP contribution >= 0.6 is 22.7 Å². The second kappa shape index (κ2) is 8.07. The number of hydrogen-bond donors (Lipinski definition) is 1. The van der Waals surface area contributed by atoms with E-state index >= 15 is 0 Å². The molecule has 4 nitrogen and oxygen atoms in total. The van der Waals surface area contributed by atoms with Gasteiger partial charge in [0.2, 0.25) is 0 Å². The van der Waals surface area contributed by atoms with Crippen LogP contribution in [0, 0.1) is 12.7 Å². The van der Waals surface area contributed by atoms with E-state index in [9.17, 15) is 9.18 Å². The minimum Gasteiger partial charge on any atom is -0.349 e. The van der Waals surface area contributed by atoms with Crippen LogP contribution in [0.4, 0.5) is 4.39 Å². The number of nitrogens with one attached hydrogen (secondary N) is 1. The number of thiazole rings is 1. The summed E-state index contributed by atoms with van der Waals surface area (Å²) in [5.74, 6) is -0.427. The molecule has 0 saturated heterocycles. The molecule has 1 amide bonds. The maximum absolute atomic E-state index is 13.5. The van der Waals surface area contributed by atoms with Crippen molar-refractivity contribution in [1.82, 2.24) is 15.2 Å². The fourth-order valence-corrected chi connectivity index (χ4v) is 4.39. The second-order valence-corrected chi connectivity index (χ2v) is 7.97. The number of rotatable bonds is 6. The molecule has 136 valence electrons. The van der Waals surface area contributed by atoms with E-state index < -0.39 is 0 Å². The number of carbonyl (C=O) groups is 1. The van der Waals surface area contributed by atoms with Crippen LogP contribution in [0.1, 0.15) is 27.0 Å². The number of amides is 1. The van der Waals surface area contributed by atoms with Gasteiger partial charge in [0.25, 0.3) is 5.91 Å². The Hall–Kier alpha value is -2.09.